The van der Waals surface area contributed by atoms with E-state index in [9.17, 15) is 14.7 Å². The molecule has 1 aliphatic carbocycles. The van der Waals surface area contributed by atoms with Crippen LogP contribution in [-0.2, 0) is 23.8 Å². The van der Waals surface area contributed by atoms with E-state index in [4.69, 9.17) is 14.2 Å². The number of aliphatic hydroxyl groups excluding tert-OH is 1. The van der Waals surface area contributed by atoms with Gasteiger partial charge in [-0.05, 0) is 38.8 Å². The monoisotopic (exact) mass is 360 g/mol. The van der Waals surface area contributed by atoms with Crippen molar-refractivity contribution in [2.75, 3.05) is 6.61 Å². The molecule has 6 nitrogen and oxygen atoms in total. The lowest BCUT2D eigenvalue weighted by atomic mass is 9.85. The molecule has 0 radical (unpaired) electrons. The normalized spacial score (nSPS) is 32.2. The van der Waals surface area contributed by atoms with Crippen LogP contribution < -0.4 is 0 Å². The molecule has 0 aromatic carbocycles. The molecule has 1 fully saturated rings. The molecular weight excluding hydrogens is 336 g/mol. The summed E-state index contributed by atoms with van der Waals surface area (Å²) in [5, 5.41) is 9.40. The van der Waals surface area contributed by atoms with Gasteiger partial charge in [0.05, 0.1) is 18.1 Å². The van der Waals surface area contributed by atoms with Crippen LogP contribution >= 0.6 is 0 Å². The molecule has 0 bridgehead atoms. The SMILES string of the molecule is C=C1C(=O)OC2C=C(C)CCC=C(C)CC(OC(=O)C3=CC(O)OC3)C12. The Balaban J connectivity index is 1.89. The zero-order valence-electron chi connectivity index (χ0n) is 15.1. The minimum Gasteiger partial charge on any atom is -0.458 e. The molecule has 4 atom stereocenters. The fourth-order valence-electron chi connectivity index (χ4n) is 3.52. The summed E-state index contributed by atoms with van der Waals surface area (Å²) in [6.45, 7) is 7.86. The first-order valence-electron chi connectivity index (χ1n) is 8.79. The number of esters is 2. The second-order valence-corrected chi connectivity index (χ2v) is 7.06. The van der Waals surface area contributed by atoms with E-state index in [0.717, 1.165) is 24.0 Å². The van der Waals surface area contributed by atoms with Crippen LogP contribution in [0.3, 0.4) is 0 Å². The second-order valence-electron chi connectivity index (χ2n) is 7.06. The molecule has 1 N–H and O–H groups in total. The number of allylic oxidation sites excluding steroid dienone is 2. The number of fused-ring (bicyclic) bond motifs is 1. The molecule has 0 aromatic rings. The van der Waals surface area contributed by atoms with Gasteiger partial charge in [0.1, 0.15) is 12.2 Å². The Morgan fingerprint density at radius 3 is 2.77 bits per heavy atom. The van der Waals surface area contributed by atoms with Crippen LogP contribution in [0.4, 0.5) is 0 Å². The van der Waals surface area contributed by atoms with Crippen LogP contribution in [-0.4, -0.2) is 42.1 Å². The Morgan fingerprint density at radius 2 is 2.08 bits per heavy atom. The predicted octanol–water partition coefficient (Wildman–Crippen LogP) is 2.35. The van der Waals surface area contributed by atoms with Crippen molar-refractivity contribution in [3.05, 3.63) is 47.1 Å². The van der Waals surface area contributed by atoms with Gasteiger partial charge in [0.15, 0.2) is 6.29 Å². The van der Waals surface area contributed by atoms with Gasteiger partial charge in [-0.2, -0.15) is 0 Å². The number of hydrogen-bond donors (Lipinski definition) is 1. The lowest BCUT2D eigenvalue weighted by Crippen LogP contribution is -2.34. The van der Waals surface area contributed by atoms with E-state index in [2.05, 4.69) is 12.7 Å². The highest BCUT2D eigenvalue weighted by Crippen LogP contribution is 2.36. The number of carbonyl (C=O) groups excluding carboxylic acids is 2. The van der Waals surface area contributed by atoms with E-state index >= 15 is 0 Å². The van der Waals surface area contributed by atoms with E-state index < -0.39 is 36.4 Å². The number of hydrogen-bond acceptors (Lipinski definition) is 6. The Morgan fingerprint density at radius 1 is 1.31 bits per heavy atom. The molecule has 0 saturated carbocycles. The molecule has 6 heteroatoms. The summed E-state index contributed by atoms with van der Waals surface area (Å²) in [6.07, 6.45) is 5.49. The van der Waals surface area contributed by atoms with Gasteiger partial charge in [-0.25, -0.2) is 9.59 Å². The maximum atomic E-state index is 12.5. The van der Waals surface area contributed by atoms with Crippen molar-refractivity contribution in [1.29, 1.82) is 0 Å². The fraction of sp³-hybridized carbons (Fsp3) is 0.500. The summed E-state index contributed by atoms with van der Waals surface area (Å²) in [4.78, 5) is 24.6. The molecule has 0 amide bonds. The number of aliphatic hydroxyl groups is 1. The van der Waals surface area contributed by atoms with Crippen LogP contribution in [0.2, 0.25) is 0 Å². The number of carbonyl (C=O) groups is 2. The Bertz CT molecular complexity index is 714. The zero-order chi connectivity index (χ0) is 18.8. The quantitative estimate of drug-likeness (QED) is 0.462. The van der Waals surface area contributed by atoms with Crippen molar-refractivity contribution < 1.29 is 28.9 Å². The van der Waals surface area contributed by atoms with E-state index in [1.165, 1.54) is 6.08 Å². The van der Waals surface area contributed by atoms with Gasteiger partial charge in [-0.15, -0.1) is 0 Å². The fourth-order valence-corrected chi connectivity index (χ4v) is 3.52. The van der Waals surface area contributed by atoms with Crippen LogP contribution in [0, 0.1) is 5.92 Å². The van der Waals surface area contributed by atoms with Crippen LogP contribution in [0.1, 0.15) is 33.1 Å². The smallest absolute Gasteiger partial charge is 0.336 e. The van der Waals surface area contributed by atoms with Crippen molar-refractivity contribution >= 4 is 11.9 Å². The van der Waals surface area contributed by atoms with Gasteiger partial charge in [-0.1, -0.05) is 23.8 Å². The minimum absolute atomic E-state index is 0.00498. The third-order valence-electron chi connectivity index (χ3n) is 4.94. The first-order chi connectivity index (χ1) is 12.3. The first kappa shape index (κ1) is 18.6. The first-order valence-corrected chi connectivity index (χ1v) is 8.79. The maximum Gasteiger partial charge on any atom is 0.336 e. The molecule has 3 rings (SSSR count). The number of ether oxygens (including phenoxy) is 3. The summed E-state index contributed by atoms with van der Waals surface area (Å²) in [5.41, 5.74) is 2.80. The average Bonchev–Trinajstić information content (AvgIpc) is 3.11. The van der Waals surface area contributed by atoms with Gasteiger partial charge < -0.3 is 19.3 Å². The van der Waals surface area contributed by atoms with E-state index in [-0.39, 0.29) is 12.2 Å². The van der Waals surface area contributed by atoms with Gasteiger partial charge >= 0.3 is 11.9 Å². The molecule has 2 heterocycles. The standard InChI is InChI=1S/C20H24O6/c1-11-5-4-6-12(2)8-16(18-13(3)19(22)25-15(18)7-11)26-20(23)14-9-17(21)24-10-14/h6-7,9,15-18,21H,3-5,8,10H2,1-2H3. The molecule has 3 aliphatic rings. The topological polar surface area (TPSA) is 82.1 Å². The minimum atomic E-state index is -1.09. The van der Waals surface area contributed by atoms with Crippen molar-refractivity contribution in [1.82, 2.24) is 0 Å². The highest BCUT2D eigenvalue weighted by Gasteiger charge is 2.44. The highest BCUT2D eigenvalue weighted by atomic mass is 16.6. The highest BCUT2D eigenvalue weighted by molar-refractivity contribution is 5.92. The van der Waals surface area contributed by atoms with Gasteiger partial charge in [0.2, 0.25) is 0 Å². The van der Waals surface area contributed by atoms with E-state index in [1.54, 1.807) is 0 Å². The summed E-state index contributed by atoms with van der Waals surface area (Å²) in [5.74, 6) is -1.44. The Hall–Kier alpha value is -2.18. The summed E-state index contributed by atoms with van der Waals surface area (Å²) >= 11 is 0. The van der Waals surface area contributed by atoms with E-state index in [0.29, 0.717) is 12.0 Å². The second kappa shape index (κ2) is 7.60. The summed E-state index contributed by atoms with van der Waals surface area (Å²) in [6, 6.07) is 0. The third-order valence-corrected chi connectivity index (χ3v) is 4.94. The lowest BCUT2D eigenvalue weighted by Gasteiger charge is -2.27. The Labute approximate surface area is 152 Å². The molecule has 4 unspecified atom stereocenters. The molecule has 0 aromatic heterocycles. The molecule has 140 valence electrons. The van der Waals surface area contributed by atoms with Crippen molar-refractivity contribution in [2.24, 2.45) is 5.92 Å². The summed E-state index contributed by atoms with van der Waals surface area (Å²) in [7, 11) is 0. The average molecular weight is 360 g/mol. The molecular formula is C20H24O6. The van der Waals surface area contributed by atoms with Crippen LogP contribution in [0.15, 0.2) is 47.1 Å². The third kappa shape index (κ3) is 3.97. The van der Waals surface area contributed by atoms with E-state index in [1.807, 2.05) is 19.9 Å². The van der Waals surface area contributed by atoms with Crippen LogP contribution in [0.5, 0.6) is 0 Å². The molecule has 26 heavy (non-hydrogen) atoms. The molecule has 0 spiro atoms. The molecule has 1 saturated heterocycles. The Kier molecular flexibility index (Phi) is 5.44. The molecule has 2 aliphatic heterocycles. The van der Waals surface area contributed by atoms with Gasteiger partial charge in [-0.3, -0.25) is 0 Å². The zero-order valence-corrected chi connectivity index (χ0v) is 15.1. The van der Waals surface area contributed by atoms with Crippen molar-refractivity contribution in [3.8, 4) is 0 Å². The van der Waals surface area contributed by atoms with Crippen molar-refractivity contribution in [2.45, 2.75) is 51.6 Å². The van der Waals surface area contributed by atoms with Crippen molar-refractivity contribution in [3.63, 3.8) is 0 Å². The largest absolute Gasteiger partial charge is 0.458 e. The lowest BCUT2D eigenvalue weighted by molar-refractivity contribution is -0.147. The predicted molar refractivity (Wildman–Crippen MR) is 93.8 cm³/mol. The van der Waals surface area contributed by atoms with Crippen LogP contribution in [0.25, 0.3) is 0 Å². The number of rotatable bonds is 2. The van der Waals surface area contributed by atoms with Gasteiger partial charge in [0.25, 0.3) is 0 Å². The maximum absolute atomic E-state index is 12.5. The summed E-state index contributed by atoms with van der Waals surface area (Å²) < 4.78 is 16.2. The van der Waals surface area contributed by atoms with Gasteiger partial charge in [0, 0.05) is 12.0 Å².